The fraction of sp³-hybridized carbons (Fsp3) is 0.333. The number of ether oxygens (including phenoxy) is 1. The first kappa shape index (κ1) is 13.9. The lowest BCUT2D eigenvalue weighted by Crippen LogP contribution is -2.33. The average molecular weight is 303 g/mol. The summed E-state index contributed by atoms with van der Waals surface area (Å²) >= 11 is 1.27. The minimum atomic E-state index is -0.172. The maximum atomic E-state index is 11.9. The second-order valence-electron chi connectivity index (χ2n) is 5.36. The van der Waals surface area contributed by atoms with Gasteiger partial charge < -0.3 is 15.8 Å². The van der Waals surface area contributed by atoms with E-state index < -0.39 is 0 Å². The Morgan fingerprint density at radius 1 is 1.38 bits per heavy atom. The number of hydrogen-bond acceptors (Lipinski definition) is 5. The van der Waals surface area contributed by atoms with Gasteiger partial charge in [-0.1, -0.05) is 18.2 Å². The summed E-state index contributed by atoms with van der Waals surface area (Å²) in [5.41, 5.74) is 5.98. The molecule has 0 aliphatic heterocycles. The number of nitrogens with zero attached hydrogens (tertiary/aromatic N) is 1. The molecule has 0 atom stereocenters. The van der Waals surface area contributed by atoms with E-state index in [0.29, 0.717) is 24.0 Å². The number of carbonyl (C=O) groups excluding carboxylic acids is 1. The largest absolute Gasteiger partial charge is 0.493 e. The highest BCUT2D eigenvalue weighted by molar-refractivity contribution is 7.13. The van der Waals surface area contributed by atoms with Crippen LogP contribution in [-0.4, -0.2) is 24.0 Å². The molecule has 110 valence electrons. The SMILES string of the molecule is Nc1nc(C(=O)NCC2(COc3ccccc3)CC2)cs1. The molecular formula is C15H17N3O2S. The normalized spacial score (nSPS) is 15.4. The van der Waals surface area contributed by atoms with Crippen molar-refractivity contribution < 1.29 is 9.53 Å². The van der Waals surface area contributed by atoms with Gasteiger partial charge in [-0.05, 0) is 25.0 Å². The first-order valence-electron chi connectivity index (χ1n) is 6.84. The van der Waals surface area contributed by atoms with Gasteiger partial charge in [-0.2, -0.15) is 0 Å². The van der Waals surface area contributed by atoms with Crippen LogP contribution in [0.3, 0.4) is 0 Å². The number of amides is 1. The fourth-order valence-corrected chi connectivity index (χ4v) is 2.60. The van der Waals surface area contributed by atoms with E-state index in [1.54, 1.807) is 5.38 Å². The van der Waals surface area contributed by atoms with E-state index in [1.165, 1.54) is 11.3 Å². The lowest BCUT2D eigenvalue weighted by molar-refractivity contribution is 0.0933. The minimum absolute atomic E-state index is 0.0626. The van der Waals surface area contributed by atoms with Crippen LogP contribution < -0.4 is 15.8 Å². The molecule has 0 saturated heterocycles. The van der Waals surface area contributed by atoms with Crippen molar-refractivity contribution in [2.75, 3.05) is 18.9 Å². The quantitative estimate of drug-likeness (QED) is 0.858. The summed E-state index contributed by atoms with van der Waals surface area (Å²) in [5, 5.41) is 5.00. The summed E-state index contributed by atoms with van der Waals surface area (Å²) in [7, 11) is 0. The molecule has 2 aromatic rings. The third kappa shape index (κ3) is 3.52. The van der Waals surface area contributed by atoms with Crippen LogP contribution >= 0.6 is 11.3 Å². The number of rotatable bonds is 6. The van der Waals surface area contributed by atoms with Crippen LogP contribution in [0.1, 0.15) is 23.3 Å². The van der Waals surface area contributed by atoms with Gasteiger partial charge in [0, 0.05) is 17.3 Å². The van der Waals surface area contributed by atoms with Crippen molar-refractivity contribution in [1.82, 2.24) is 10.3 Å². The topological polar surface area (TPSA) is 77.2 Å². The van der Waals surface area contributed by atoms with Gasteiger partial charge >= 0.3 is 0 Å². The molecule has 5 nitrogen and oxygen atoms in total. The summed E-state index contributed by atoms with van der Waals surface area (Å²) in [6, 6.07) is 9.73. The fourth-order valence-electron chi connectivity index (χ4n) is 2.05. The second kappa shape index (κ2) is 5.73. The van der Waals surface area contributed by atoms with E-state index in [9.17, 15) is 4.79 Å². The van der Waals surface area contributed by atoms with Crippen LogP contribution in [0, 0.1) is 5.41 Å². The molecule has 0 radical (unpaired) electrons. The molecule has 0 spiro atoms. The standard InChI is InChI=1S/C15H17N3O2S/c16-14-18-12(8-21-14)13(19)17-9-15(6-7-15)10-20-11-4-2-1-3-5-11/h1-5,8H,6-7,9-10H2,(H2,16,18)(H,17,19). The van der Waals surface area contributed by atoms with Crippen LogP contribution in [0.5, 0.6) is 5.75 Å². The number of thiazole rings is 1. The van der Waals surface area contributed by atoms with Gasteiger partial charge in [0.25, 0.3) is 5.91 Å². The van der Waals surface area contributed by atoms with E-state index in [-0.39, 0.29) is 11.3 Å². The van der Waals surface area contributed by atoms with E-state index in [0.717, 1.165) is 18.6 Å². The molecule has 3 rings (SSSR count). The number of nitrogen functional groups attached to an aromatic ring is 1. The predicted octanol–water partition coefficient (Wildman–Crippen LogP) is 2.31. The van der Waals surface area contributed by atoms with Crippen LogP contribution in [0.4, 0.5) is 5.13 Å². The van der Waals surface area contributed by atoms with Crippen LogP contribution in [0.2, 0.25) is 0 Å². The Morgan fingerprint density at radius 3 is 2.76 bits per heavy atom. The zero-order valence-electron chi connectivity index (χ0n) is 11.5. The van der Waals surface area contributed by atoms with Crippen LogP contribution in [0.15, 0.2) is 35.7 Å². The molecule has 1 aliphatic rings. The maximum Gasteiger partial charge on any atom is 0.270 e. The van der Waals surface area contributed by atoms with Gasteiger partial charge in [0.05, 0.1) is 6.61 Å². The number of aromatic nitrogens is 1. The Balaban J connectivity index is 1.49. The Hall–Kier alpha value is -2.08. The molecule has 1 aromatic heterocycles. The predicted molar refractivity (Wildman–Crippen MR) is 82.5 cm³/mol. The summed E-state index contributed by atoms with van der Waals surface area (Å²) in [5.74, 6) is 0.691. The molecule has 1 amide bonds. The first-order chi connectivity index (χ1) is 10.2. The molecule has 3 N–H and O–H groups in total. The Bertz CT molecular complexity index is 623. The molecule has 0 unspecified atom stereocenters. The summed E-state index contributed by atoms with van der Waals surface area (Å²) < 4.78 is 5.79. The van der Waals surface area contributed by atoms with Crippen molar-refractivity contribution in [2.45, 2.75) is 12.8 Å². The van der Waals surface area contributed by atoms with E-state index in [4.69, 9.17) is 10.5 Å². The van der Waals surface area contributed by atoms with Gasteiger partial charge in [-0.3, -0.25) is 4.79 Å². The zero-order chi connectivity index (χ0) is 14.7. The molecule has 1 saturated carbocycles. The number of hydrogen-bond donors (Lipinski definition) is 2. The van der Waals surface area contributed by atoms with E-state index in [1.807, 2.05) is 30.3 Å². The lowest BCUT2D eigenvalue weighted by Gasteiger charge is -2.16. The molecule has 21 heavy (non-hydrogen) atoms. The molecule has 1 heterocycles. The highest BCUT2D eigenvalue weighted by Crippen LogP contribution is 2.45. The number of carbonyl (C=O) groups is 1. The molecule has 1 fully saturated rings. The number of anilines is 1. The molecule has 6 heteroatoms. The molecule has 0 bridgehead atoms. The Labute approximate surface area is 127 Å². The smallest absolute Gasteiger partial charge is 0.270 e. The van der Waals surface area contributed by atoms with Gasteiger partial charge in [-0.25, -0.2) is 4.98 Å². The molecule has 1 aromatic carbocycles. The van der Waals surface area contributed by atoms with Crippen LogP contribution in [-0.2, 0) is 0 Å². The zero-order valence-corrected chi connectivity index (χ0v) is 12.4. The van der Waals surface area contributed by atoms with Crippen molar-refractivity contribution in [3.8, 4) is 5.75 Å². The number of para-hydroxylation sites is 1. The third-order valence-corrected chi connectivity index (χ3v) is 4.30. The Kier molecular flexibility index (Phi) is 3.79. The maximum absolute atomic E-state index is 11.9. The first-order valence-corrected chi connectivity index (χ1v) is 7.72. The van der Waals surface area contributed by atoms with E-state index >= 15 is 0 Å². The number of benzene rings is 1. The number of nitrogens with two attached hydrogens (primary N) is 1. The summed E-state index contributed by atoms with van der Waals surface area (Å²) in [6.45, 7) is 1.23. The van der Waals surface area contributed by atoms with Crippen LogP contribution in [0.25, 0.3) is 0 Å². The molecule has 1 aliphatic carbocycles. The van der Waals surface area contributed by atoms with E-state index in [2.05, 4.69) is 10.3 Å². The van der Waals surface area contributed by atoms with Crippen molar-refractivity contribution >= 4 is 22.4 Å². The third-order valence-electron chi connectivity index (χ3n) is 3.62. The van der Waals surface area contributed by atoms with Gasteiger partial charge in [-0.15, -0.1) is 11.3 Å². The highest BCUT2D eigenvalue weighted by atomic mass is 32.1. The van der Waals surface area contributed by atoms with Gasteiger partial charge in [0.1, 0.15) is 11.4 Å². The summed E-state index contributed by atoms with van der Waals surface area (Å²) in [4.78, 5) is 15.9. The monoisotopic (exact) mass is 303 g/mol. The second-order valence-corrected chi connectivity index (χ2v) is 6.25. The van der Waals surface area contributed by atoms with Crippen molar-refractivity contribution in [1.29, 1.82) is 0 Å². The Morgan fingerprint density at radius 2 is 2.14 bits per heavy atom. The van der Waals surface area contributed by atoms with Crippen molar-refractivity contribution in [3.05, 3.63) is 41.4 Å². The van der Waals surface area contributed by atoms with Crippen molar-refractivity contribution in [2.24, 2.45) is 5.41 Å². The summed E-state index contributed by atoms with van der Waals surface area (Å²) in [6.07, 6.45) is 2.14. The molecular weight excluding hydrogens is 286 g/mol. The van der Waals surface area contributed by atoms with Crippen molar-refractivity contribution in [3.63, 3.8) is 0 Å². The average Bonchev–Trinajstić information content (AvgIpc) is 3.16. The highest BCUT2D eigenvalue weighted by Gasteiger charge is 2.43. The lowest BCUT2D eigenvalue weighted by atomic mass is 10.1. The minimum Gasteiger partial charge on any atom is -0.493 e. The van der Waals surface area contributed by atoms with Gasteiger partial charge in [0.2, 0.25) is 0 Å². The van der Waals surface area contributed by atoms with Gasteiger partial charge in [0.15, 0.2) is 5.13 Å². The number of nitrogens with one attached hydrogen (secondary N) is 1.